The van der Waals surface area contributed by atoms with Crippen LogP contribution < -0.4 is 10.6 Å². The number of anilines is 1. The van der Waals surface area contributed by atoms with Gasteiger partial charge in [0, 0.05) is 30.0 Å². The highest BCUT2D eigenvalue weighted by Gasteiger charge is 2.54. The normalized spacial score (nSPS) is 28.5. The molecule has 0 aliphatic heterocycles. The molecule has 5 atom stereocenters. The van der Waals surface area contributed by atoms with Gasteiger partial charge in [0.2, 0.25) is 0 Å². The fraction of sp³-hybridized carbons (Fsp3) is 0.423. The molecule has 8 rings (SSSR count). The average Bonchev–Trinajstić information content (AvgIpc) is 3.54. The summed E-state index contributed by atoms with van der Waals surface area (Å²) in [5, 5.41) is 22.5. The van der Waals surface area contributed by atoms with E-state index in [1.54, 1.807) is 12.4 Å². The van der Waals surface area contributed by atoms with Gasteiger partial charge in [-0.3, -0.25) is 9.78 Å². The lowest BCUT2D eigenvalue weighted by Gasteiger charge is -2.58. The monoisotopic (exact) mass is 485 g/mol. The van der Waals surface area contributed by atoms with E-state index in [-0.39, 0.29) is 24.3 Å². The van der Waals surface area contributed by atoms with Crippen LogP contribution in [0.15, 0.2) is 47.4 Å². The van der Waals surface area contributed by atoms with Crippen molar-refractivity contribution in [3.8, 4) is 11.5 Å². The SMILES string of the molecule is O=C(NCc1ccccn1)c1noc(-c2cnc3[nH]ccc3c2NC2[C@@H]3CC4C[C@H]2CC(O)(C4)C3)n1. The van der Waals surface area contributed by atoms with Crippen LogP contribution >= 0.6 is 0 Å². The van der Waals surface area contributed by atoms with Crippen molar-refractivity contribution in [3.05, 3.63) is 54.4 Å². The fourth-order valence-corrected chi connectivity index (χ4v) is 6.89. The molecule has 4 saturated carbocycles. The van der Waals surface area contributed by atoms with Crippen molar-refractivity contribution in [2.24, 2.45) is 17.8 Å². The second-order valence-corrected chi connectivity index (χ2v) is 10.6. The fourth-order valence-electron chi connectivity index (χ4n) is 6.89. The van der Waals surface area contributed by atoms with Crippen molar-refractivity contribution in [1.29, 1.82) is 0 Å². The summed E-state index contributed by atoms with van der Waals surface area (Å²) in [4.78, 5) is 29.0. The number of aliphatic hydroxyl groups is 1. The molecule has 0 spiro atoms. The zero-order valence-electron chi connectivity index (χ0n) is 19.6. The molecule has 10 heteroatoms. The molecule has 0 saturated heterocycles. The Morgan fingerprint density at radius 2 is 2.03 bits per heavy atom. The van der Waals surface area contributed by atoms with Crippen molar-refractivity contribution in [2.75, 3.05) is 5.32 Å². The summed E-state index contributed by atoms with van der Waals surface area (Å²) in [5.41, 5.74) is 2.53. The van der Waals surface area contributed by atoms with Gasteiger partial charge < -0.3 is 25.2 Å². The lowest BCUT2D eigenvalue weighted by atomic mass is 9.52. The minimum atomic E-state index is -0.497. The van der Waals surface area contributed by atoms with E-state index >= 15 is 0 Å². The van der Waals surface area contributed by atoms with Crippen LogP contribution in [0.2, 0.25) is 0 Å². The Morgan fingerprint density at radius 3 is 2.81 bits per heavy atom. The summed E-state index contributed by atoms with van der Waals surface area (Å²) in [5.74, 6) is 1.23. The van der Waals surface area contributed by atoms with E-state index < -0.39 is 11.5 Å². The topological polar surface area (TPSA) is 142 Å². The summed E-state index contributed by atoms with van der Waals surface area (Å²) < 4.78 is 5.55. The van der Waals surface area contributed by atoms with Crippen LogP contribution in [-0.2, 0) is 6.54 Å². The third-order valence-electron chi connectivity index (χ3n) is 8.15. The van der Waals surface area contributed by atoms with Gasteiger partial charge in [-0.05, 0) is 68.1 Å². The Morgan fingerprint density at radius 1 is 1.17 bits per heavy atom. The number of carbonyl (C=O) groups is 1. The number of nitrogens with zero attached hydrogens (tertiary/aromatic N) is 4. The molecule has 1 amide bonds. The van der Waals surface area contributed by atoms with Crippen molar-refractivity contribution in [3.63, 3.8) is 0 Å². The molecule has 0 radical (unpaired) electrons. The average molecular weight is 486 g/mol. The largest absolute Gasteiger partial charge is 0.390 e. The number of aromatic nitrogens is 5. The number of rotatable bonds is 6. The third-order valence-corrected chi connectivity index (χ3v) is 8.15. The summed E-state index contributed by atoms with van der Waals surface area (Å²) in [6.45, 7) is 0.269. The van der Waals surface area contributed by atoms with Crippen molar-refractivity contribution in [2.45, 2.75) is 50.3 Å². The van der Waals surface area contributed by atoms with Gasteiger partial charge in [-0.1, -0.05) is 11.2 Å². The number of H-pyrrole nitrogens is 1. The molecule has 184 valence electrons. The van der Waals surface area contributed by atoms with Crippen LogP contribution in [0.4, 0.5) is 5.69 Å². The molecule has 3 unspecified atom stereocenters. The molecule has 4 aliphatic carbocycles. The number of carbonyl (C=O) groups excluding carboxylic acids is 1. The highest BCUT2D eigenvalue weighted by atomic mass is 16.5. The Balaban J connectivity index is 1.17. The number of nitrogens with one attached hydrogen (secondary N) is 3. The Hall–Kier alpha value is -3.79. The second kappa shape index (κ2) is 8.12. The molecule has 4 aliphatic rings. The Bertz CT molecular complexity index is 1420. The zero-order chi connectivity index (χ0) is 24.3. The van der Waals surface area contributed by atoms with Gasteiger partial charge in [0.25, 0.3) is 17.6 Å². The maximum atomic E-state index is 12.6. The summed E-state index contributed by atoms with van der Waals surface area (Å²) in [7, 11) is 0. The van der Waals surface area contributed by atoms with Gasteiger partial charge in [-0.15, -0.1) is 0 Å². The van der Waals surface area contributed by atoms with E-state index in [0.717, 1.165) is 54.5 Å². The number of fused-ring (bicyclic) bond motifs is 1. The van der Waals surface area contributed by atoms with Gasteiger partial charge in [-0.2, -0.15) is 4.98 Å². The molecule has 36 heavy (non-hydrogen) atoms. The quantitative estimate of drug-likeness (QED) is 0.326. The smallest absolute Gasteiger partial charge is 0.293 e. The lowest BCUT2D eigenvalue weighted by molar-refractivity contribution is -0.129. The molecule has 10 nitrogen and oxygen atoms in total. The van der Waals surface area contributed by atoms with Crippen molar-refractivity contribution < 1.29 is 14.4 Å². The Kier molecular flexibility index (Phi) is 4.85. The van der Waals surface area contributed by atoms with E-state index in [9.17, 15) is 9.90 Å². The number of pyridine rings is 2. The standard InChI is InChI=1S/C26H27N7O3/c34-24(30-12-17-3-1-2-5-27-17)23-32-25(36-33-23)19-13-29-22-18(4-6-28-22)21(19)31-20-15-7-14-8-16(20)11-26(35,9-14)10-15/h1-6,13-16,20,35H,7-12H2,(H,30,34)(H2,28,29,31)/t14?,15-,16+,20?,26?. The van der Waals surface area contributed by atoms with E-state index in [4.69, 9.17) is 4.52 Å². The molecule has 4 aromatic rings. The van der Waals surface area contributed by atoms with Gasteiger partial charge in [0.05, 0.1) is 29.1 Å². The number of hydrogen-bond acceptors (Lipinski definition) is 8. The van der Waals surface area contributed by atoms with Gasteiger partial charge >= 0.3 is 0 Å². The third kappa shape index (κ3) is 3.63. The first-order valence-corrected chi connectivity index (χ1v) is 12.5. The number of amides is 1. The van der Waals surface area contributed by atoms with Crippen molar-refractivity contribution in [1.82, 2.24) is 30.4 Å². The maximum absolute atomic E-state index is 12.6. The van der Waals surface area contributed by atoms with Crippen LogP contribution in [0.3, 0.4) is 0 Å². The maximum Gasteiger partial charge on any atom is 0.293 e. The van der Waals surface area contributed by atoms with Crippen LogP contribution in [0.1, 0.15) is 48.4 Å². The molecule has 4 fully saturated rings. The molecule has 4 heterocycles. The summed E-state index contributed by atoms with van der Waals surface area (Å²) >= 11 is 0. The van der Waals surface area contributed by atoms with Crippen LogP contribution in [0.25, 0.3) is 22.5 Å². The first kappa shape index (κ1) is 21.5. The number of aromatic amines is 1. The Labute approximate surface area is 206 Å². The molecular weight excluding hydrogens is 458 g/mol. The second-order valence-electron chi connectivity index (χ2n) is 10.6. The van der Waals surface area contributed by atoms with Gasteiger partial charge in [0.1, 0.15) is 5.65 Å². The summed E-state index contributed by atoms with van der Waals surface area (Å²) in [6.07, 6.45) is 10.2. The van der Waals surface area contributed by atoms with Crippen LogP contribution in [-0.4, -0.2) is 47.7 Å². The number of hydrogen-bond donors (Lipinski definition) is 4. The van der Waals surface area contributed by atoms with Crippen LogP contribution in [0.5, 0.6) is 0 Å². The van der Waals surface area contributed by atoms with Gasteiger partial charge in [-0.25, -0.2) is 4.98 Å². The molecule has 4 bridgehead atoms. The molecule has 4 N–H and O–H groups in total. The highest BCUT2D eigenvalue weighted by molar-refractivity contribution is 5.97. The van der Waals surface area contributed by atoms with Crippen LogP contribution in [0, 0.1) is 17.8 Å². The molecule has 4 aromatic heterocycles. The first-order valence-electron chi connectivity index (χ1n) is 12.5. The molecular formula is C26H27N7O3. The minimum absolute atomic E-state index is 0.0436. The lowest BCUT2D eigenvalue weighted by Crippen LogP contribution is -2.59. The highest BCUT2D eigenvalue weighted by Crippen LogP contribution is 2.56. The van der Waals surface area contributed by atoms with Gasteiger partial charge in [0.15, 0.2) is 0 Å². The molecule has 0 aromatic carbocycles. The van der Waals surface area contributed by atoms with E-state index in [1.165, 1.54) is 0 Å². The van der Waals surface area contributed by atoms with E-state index in [2.05, 4.69) is 35.7 Å². The predicted molar refractivity (Wildman–Crippen MR) is 131 cm³/mol. The van der Waals surface area contributed by atoms with E-state index in [0.29, 0.717) is 23.3 Å². The minimum Gasteiger partial charge on any atom is -0.390 e. The van der Waals surface area contributed by atoms with E-state index in [1.807, 2.05) is 30.5 Å². The van der Waals surface area contributed by atoms with Crippen molar-refractivity contribution >= 4 is 22.6 Å². The summed E-state index contributed by atoms with van der Waals surface area (Å²) in [6, 6.07) is 7.76. The zero-order valence-corrected chi connectivity index (χ0v) is 19.6. The first-order chi connectivity index (χ1) is 17.5. The predicted octanol–water partition coefficient (Wildman–Crippen LogP) is 3.29.